The highest BCUT2D eigenvalue weighted by Gasteiger charge is 2.34. The average molecular weight is 357 g/mol. The Morgan fingerprint density at radius 1 is 1.27 bits per heavy atom. The van der Waals surface area contributed by atoms with E-state index in [1.54, 1.807) is 34.7 Å². The van der Waals surface area contributed by atoms with Crippen LogP contribution in [-0.4, -0.2) is 57.7 Å². The van der Waals surface area contributed by atoms with Crippen molar-refractivity contribution in [3.63, 3.8) is 0 Å². The number of carbonyl (C=O) groups is 2. The van der Waals surface area contributed by atoms with Gasteiger partial charge in [0.15, 0.2) is 0 Å². The van der Waals surface area contributed by atoms with Crippen molar-refractivity contribution in [3.05, 3.63) is 36.4 Å². The van der Waals surface area contributed by atoms with Gasteiger partial charge in [-0.2, -0.15) is 0 Å². The Morgan fingerprint density at radius 2 is 2.00 bits per heavy atom. The van der Waals surface area contributed by atoms with Gasteiger partial charge in [-0.05, 0) is 31.2 Å². The fourth-order valence-electron chi connectivity index (χ4n) is 3.13. The smallest absolute Gasteiger partial charge is 0.249 e. The minimum atomic E-state index is -0.488. The lowest BCUT2D eigenvalue weighted by atomic mass is 10.1. The summed E-state index contributed by atoms with van der Waals surface area (Å²) < 4.78 is 6.95. The van der Waals surface area contributed by atoms with Crippen LogP contribution in [0.25, 0.3) is 0 Å². The molecule has 0 radical (unpaired) electrons. The number of hydrogen-bond acceptors (Lipinski definition) is 5. The van der Waals surface area contributed by atoms with E-state index in [-0.39, 0.29) is 11.8 Å². The number of nitrogens with zero attached hydrogens (tertiary/aromatic N) is 5. The number of methoxy groups -OCH3 is 1. The van der Waals surface area contributed by atoms with E-state index in [1.807, 2.05) is 31.3 Å². The highest BCUT2D eigenvalue weighted by molar-refractivity contribution is 6.00. The first-order valence-electron chi connectivity index (χ1n) is 8.59. The number of rotatable bonds is 5. The second-order valence-electron chi connectivity index (χ2n) is 6.31. The van der Waals surface area contributed by atoms with Gasteiger partial charge in [0.1, 0.15) is 23.9 Å². The van der Waals surface area contributed by atoms with E-state index < -0.39 is 6.04 Å². The Morgan fingerprint density at radius 3 is 2.62 bits per heavy atom. The summed E-state index contributed by atoms with van der Waals surface area (Å²) in [5, 5.41) is 7.80. The van der Waals surface area contributed by atoms with Gasteiger partial charge in [-0.3, -0.25) is 9.59 Å². The van der Waals surface area contributed by atoms with Gasteiger partial charge in [0.2, 0.25) is 11.8 Å². The Bertz CT molecular complexity index is 786. The number of aryl methyl sites for hydroxylation is 2. The van der Waals surface area contributed by atoms with Crippen molar-refractivity contribution >= 4 is 17.5 Å². The summed E-state index contributed by atoms with van der Waals surface area (Å²) in [5.41, 5.74) is 0.814. The fraction of sp³-hybridized carbons (Fsp3) is 0.444. The van der Waals surface area contributed by atoms with E-state index in [9.17, 15) is 9.59 Å². The zero-order valence-corrected chi connectivity index (χ0v) is 15.3. The lowest BCUT2D eigenvalue weighted by Gasteiger charge is -2.39. The van der Waals surface area contributed by atoms with Gasteiger partial charge >= 0.3 is 0 Å². The van der Waals surface area contributed by atoms with Crippen LogP contribution in [0.15, 0.2) is 30.6 Å². The third-order valence-corrected chi connectivity index (χ3v) is 4.73. The summed E-state index contributed by atoms with van der Waals surface area (Å²) in [6.45, 7) is 2.76. The van der Waals surface area contributed by atoms with Crippen LogP contribution in [0.3, 0.4) is 0 Å². The maximum absolute atomic E-state index is 12.8. The van der Waals surface area contributed by atoms with Crippen LogP contribution in [-0.2, 0) is 23.1 Å². The first-order chi connectivity index (χ1) is 12.5. The van der Waals surface area contributed by atoms with Crippen molar-refractivity contribution < 1.29 is 14.3 Å². The number of aromatic nitrogens is 3. The second-order valence-corrected chi connectivity index (χ2v) is 6.31. The zero-order chi connectivity index (χ0) is 18.7. The SMILES string of the molecule is COc1ccc(N2CCN(C(=O)CCc3nncn3C)[C@H](C)C2=O)cc1. The highest BCUT2D eigenvalue weighted by atomic mass is 16.5. The molecule has 0 saturated carbocycles. The molecule has 1 saturated heterocycles. The van der Waals surface area contributed by atoms with Crippen LogP contribution in [0.4, 0.5) is 5.69 Å². The van der Waals surface area contributed by atoms with Crippen molar-refractivity contribution in [2.24, 2.45) is 7.05 Å². The predicted molar refractivity (Wildman–Crippen MR) is 95.8 cm³/mol. The topological polar surface area (TPSA) is 80.6 Å². The van der Waals surface area contributed by atoms with Gasteiger partial charge < -0.3 is 19.1 Å². The van der Waals surface area contributed by atoms with Gasteiger partial charge in [-0.1, -0.05) is 0 Å². The third kappa shape index (κ3) is 3.54. The Hall–Kier alpha value is -2.90. The molecule has 2 amide bonds. The summed E-state index contributed by atoms with van der Waals surface area (Å²) in [6.07, 6.45) is 2.43. The van der Waals surface area contributed by atoms with Crippen molar-refractivity contribution in [2.45, 2.75) is 25.8 Å². The monoisotopic (exact) mass is 357 g/mol. The molecule has 2 heterocycles. The van der Waals surface area contributed by atoms with Crippen molar-refractivity contribution in [1.29, 1.82) is 0 Å². The van der Waals surface area contributed by atoms with Crippen molar-refractivity contribution in [1.82, 2.24) is 19.7 Å². The summed E-state index contributed by atoms with van der Waals surface area (Å²) in [7, 11) is 3.45. The van der Waals surface area contributed by atoms with Gasteiger partial charge in [0.25, 0.3) is 0 Å². The van der Waals surface area contributed by atoms with Crippen molar-refractivity contribution in [2.75, 3.05) is 25.1 Å². The zero-order valence-electron chi connectivity index (χ0n) is 15.3. The van der Waals surface area contributed by atoms with Crippen LogP contribution >= 0.6 is 0 Å². The number of carbonyl (C=O) groups excluding carboxylic acids is 2. The van der Waals surface area contributed by atoms with E-state index >= 15 is 0 Å². The molecule has 1 atom stereocenters. The van der Waals surface area contributed by atoms with Crippen LogP contribution in [0.5, 0.6) is 5.75 Å². The van der Waals surface area contributed by atoms with E-state index in [4.69, 9.17) is 4.74 Å². The van der Waals surface area contributed by atoms with Crippen molar-refractivity contribution in [3.8, 4) is 5.75 Å². The molecule has 2 aromatic rings. The number of piperazine rings is 1. The van der Waals surface area contributed by atoms with E-state index in [0.29, 0.717) is 25.9 Å². The summed E-state index contributed by atoms with van der Waals surface area (Å²) in [4.78, 5) is 28.7. The molecule has 26 heavy (non-hydrogen) atoms. The molecule has 138 valence electrons. The molecule has 0 unspecified atom stereocenters. The number of hydrogen-bond donors (Lipinski definition) is 0. The number of anilines is 1. The molecule has 0 spiro atoms. The van der Waals surface area contributed by atoms with E-state index in [1.165, 1.54) is 0 Å². The molecule has 8 heteroatoms. The van der Waals surface area contributed by atoms with E-state index in [2.05, 4.69) is 10.2 Å². The molecular formula is C18H23N5O3. The van der Waals surface area contributed by atoms with Crippen LogP contribution in [0.2, 0.25) is 0 Å². The third-order valence-electron chi connectivity index (χ3n) is 4.73. The van der Waals surface area contributed by atoms with Crippen LogP contribution in [0.1, 0.15) is 19.2 Å². The quantitative estimate of drug-likeness (QED) is 0.798. The normalized spacial score (nSPS) is 17.5. The van der Waals surface area contributed by atoms with Gasteiger partial charge in [-0.25, -0.2) is 0 Å². The van der Waals surface area contributed by atoms with E-state index in [0.717, 1.165) is 17.3 Å². The fourth-order valence-corrected chi connectivity index (χ4v) is 3.13. The minimum Gasteiger partial charge on any atom is -0.497 e. The van der Waals surface area contributed by atoms with Gasteiger partial charge in [0, 0.05) is 38.7 Å². The number of amides is 2. The second kappa shape index (κ2) is 7.55. The Kier molecular flexibility index (Phi) is 5.20. The Balaban J connectivity index is 1.63. The first kappa shape index (κ1) is 17.9. The standard InChI is InChI=1S/C18H23N5O3/c1-13-18(25)23(14-4-6-15(26-3)7-5-14)11-10-22(13)17(24)9-8-16-20-19-12-21(16)2/h4-7,12-13H,8-11H2,1-3H3/t13-/m1/s1. The molecule has 1 fully saturated rings. The molecule has 1 aliphatic heterocycles. The molecule has 0 bridgehead atoms. The average Bonchev–Trinajstić information content (AvgIpc) is 3.07. The maximum Gasteiger partial charge on any atom is 0.249 e. The first-order valence-corrected chi connectivity index (χ1v) is 8.59. The van der Waals surface area contributed by atoms with Crippen LogP contribution in [0, 0.1) is 0 Å². The predicted octanol–water partition coefficient (Wildman–Crippen LogP) is 1.02. The molecule has 0 aliphatic carbocycles. The molecule has 1 aromatic heterocycles. The van der Waals surface area contributed by atoms with Crippen LogP contribution < -0.4 is 9.64 Å². The molecule has 1 aliphatic rings. The lowest BCUT2D eigenvalue weighted by molar-refractivity contribution is -0.140. The van der Waals surface area contributed by atoms with Gasteiger partial charge in [0.05, 0.1) is 7.11 Å². The molecule has 1 aromatic carbocycles. The maximum atomic E-state index is 12.8. The molecular weight excluding hydrogens is 334 g/mol. The minimum absolute atomic E-state index is 0.0387. The largest absolute Gasteiger partial charge is 0.497 e. The summed E-state index contributed by atoms with van der Waals surface area (Å²) in [6, 6.07) is 6.87. The van der Waals surface area contributed by atoms with Gasteiger partial charge in [-0.15, -0.1) is 10.2 Å². The number of benzene rings is 1. The lowest BCUT2D eigenvalue weighted by Crippen LogP contribution is -2.57. The highest BCUT2D eigenvalue weighted by Crippen LogP contribution is 2.23. The Labute approximate surface area is 152 Å². The number of ether oxygens (including phenoxy) is 1. The molecule has 3 rings (SSSR count). The molecule has 0 N–H and O–H groups in total. The summed E-state index contributed by atoms with van der Waals surface area (Å²) >= 11 is 0. The molecule has 8 nitrogen and oxygen atoms in total. The summed E-state index contributed by atoms with van der Waals surface area (Å²) in [5.74, 6) is 1.39.